The van der Waals surface area contributed by atoms with E-state index in [-0.39, 0.29) is 5.91 Å². The van der Waals surface area contributed by atoms with Crippen LogP contribution in [0.15, 0.2) is 30.6 Å². The molecular weight excluding hydrogens is 360 g/mol. The van der Waals surface area contributed by atoms with E-state index < -0.39 is 11.7 Å². The molecule has 2 amide bonds. The van der Waals surface area contributed by atoms with Gasteiger partial charge in [-0.05, 0) is 40.7 Å². The number of amides is 2. The molecule has 0 unspecified atom stereocenters. The first-order chi connectivity index (χ1) is 13.2. The lowest BCUT2D eigenvalue weighted by Crippen LogP contribution is -2.32. The predicted octanol–water partition coefficient (Wildman–Crippen LogP) is 2.74. The molecule has 9 nitrogen and oxygen atoms in total. The molecule has 0 aliphatic rings. The van der Waals surface area contributed by atoms with E-state index in [0.29, 0.717) is 31.3 Å². The van der Waals surface area contributed by atoms with Gasteiger partial charge in [-0.2, -0.15) is 5.10 Å². The molecule has 0 bridgehead atoms. The molecular formula is C19H28N6O3. The second-order valence-electron chi connectivity index (χ2n) is 7.20. The van der Waals surface area contributed by atoms with Gasteiger partial charge in [0.2, 0.25) is 5.95 Å². The second kappa shape index (κ2) is 9.20. The van der Waals surface area contributed by atoms with Crippen LogP contribution >= 0.6 is 0 Å². The number of carbonyl (C=O) groups excluding carboxylic acids is 2. The van der Waals surface area contributed by atoms with Crippen LogP contribution in [0.3, 0.4) is 0 Å². The van der Waals surface area contributed by atoms with E-state index >= 15 is 0 Å². The first-order valence-electron chi connectivity index (χ1n) is 9.18. The Morgan fingerprint density at radius 1 is 1.29 bits per heavy atom. The van der Waals surface area contributed by atoms with Gasteiger partial charge in [0.25, 0.3) is 5.91 Å². The Kier molecular flexibility index (Phi) is 6.97. The Hall–Kier alpha value is -3.10. The zero-order valence-corrected chi connectivity index (χ0v) is 17.0. The van der Waals surface area contributed by atoms with Gasteiger partial charge in [0.05, 0.1) is 5.69 Å². The van der Waals surface area contributed by atoms with Crippen molar-refractivity contribution in [1.82, 2.24) is 24.6 Å². The number of nitrogens with zero attached hydrogens (tertiary/aromatic N) is 4. The zero-order chi connectivity index (χ0) is 20.7. The highest BCUT2D eigenvalue weighted by Crippen LogP contribution is 2.10. The third kappa shape index (κ3) is 6.26. The van der Waals surface area contributed by atoms with Crippen molar-refractivity contribution in [2.24, 2.45) is 0 Å². The van der Waals surface area contributed by atoms with Crippen molar-refractivity contribution in [3.8, 4) is 0 Å². The van der Waals surface area contributed by atoms with E-state index in [4.69, 9.17) is 4.74 Å². The van der Waals surface area contributed by atoms with E-state index in [2.05, 4.69) is 20.7 Å². The summed E-state index contributed by atoms with van der Waals surface area (Å²) in [5.74, 6) is 0.182. The SMILES string of the molecule is CCn1nc(C)cc1C(=O)Nc1nccn1C/C=C/CNC(=O)OC(C)(C)C. The highest BCUT2D eigenvalue weighted by molar-refractivity contribution is 6.02. The fourth-order valence-electron chi connectivity index (χ4n) is 2.44. The average Bonchev–Trinajstić information content (AvgIpc) is 3.19. The number of imidazole rings is 1. The predicted molar refractivity (Wildman–Crippen MR) is 106 cm³/mol. The molecule has 2 N–H and O–H groups in total. The largest absolute Gasteiger partial charge is 0.444 e. The van der Waals surface area contributed by atoms with Crippen molar-refractivity contribution >= 4 is 17.9 Å². The summed E-state index contributed by atoms with van der Waals surface area (Å²) in [4.78, 5) is 28.3. The van der Waals surface area contributed by atoms with Crippen LogP contribution in [0.1, 0.15) is 43.9 Å². The van der Waals surface area contributed by atoms with E-state index in [0.717, 1.165) is 5.69 Å². The van der Waals surface area contributed by atoms with Crippen LogP contribution in [0.5, 0.6) is 0 Å². The number of nitrogens with one attached hydrogen (secondary N) is 2. The van der Waals surface area contributed by atoms with Crippen LogP contribution in [0.25, 0.3) is 0 Å². The minimum atomic E-state index is -0.524. The Morgan fingerprint density at radius 2 is 2.04 bits per heavy atom. The molecule has 0 atom stereocenters. The number of rotatable bonds is 7. The molecule has 0 aliphatic carbocycles. The Bertz CT molecular complexity index is 844. The van der Waals surface area contributed by atoms with Crippen LogP contribution in [0.2, 0.25) is 0 Å². The van der Waals surface area contributed by atoms with Gasteiger partial charge in [-0.25, -0.2) is 9.78 Å². The molecule has 2 aromatic rings. The third-order valence-electron chi connectivity index (χ3n) is 3.61. The first-order valence-corrected chi connectivity index (χ1v) is 9.18. The molecule has 0 radical (unpaired) electrons. The van der Waals surface area contributed by atoms with Crippen LogP contribution < -0.4 is 10.6 Å². The fourth-order valence-corrected chi connectivity index (χ4v) is 2.44. The van der Waals surface area contributed by atoms with Crippen molar-refractivity contribution in [3.63, 3.8) is 0 Å². The van der Waals surface area contributed by atoms with E-state index in [1.165, 1.54) is 0 Å². The number of alkyl carbamates (subject to hydrolysis) is 1. The van der Waals surface area contributed by atoms with E-state index in [9.17, 15) is 9.59 Å². The van der Waals surface area contributed by atoms with Gasteiger partial charge in [0.1, 0.15) is 11.3 Å². The Balaban J connectivity index is 1.88. The van der Waals surface area contributed by atoms with E-state index in [1.54, 1.807) is 27.7 Å². The molecule has 152 valence electrons. The zero-order valence-electron chi connectivity index (χ0n) is 17.0. The van der Waals surface area contributed by atoms with Crippen molar-refractivity contribution in [2.45, 2.75) is 53.3 Å². The smallest absolute Gasteiger partial charge is 0.407 e. The average molecular weight is 388 g/mol. The quantitative estimate of drug-likeness (QED) is 0.710. The maximum absolute atomic E-state index is 12.5. The summed E-state index contributed by atoms with van der Waals surface area (Å²) in [7, 11) is 0. The van der Waals surface area contributed by atoms with Crippen LogP contribution in [0.4, 0.5) is 10.7 Å². The molecule has 0 saturated heterocycles. The number of carbonyl (C=O) groups is 2. The van der Waals surface area contributed by atoms with Gasteiger partial charge in [-0.3, -0.25) is 14.8 Å². The number of aryl methyl sites for hydroxylation is 2. The molecule has 0 aliphatic heterocycles. The third-order valence-corrected chi connectivity index (χ3v) is 3.61. The molecule has 0 fully saturated rings. The van der Waals surface area contributed by atoms with Crippen molar-refractivity contribution < 1.29 is 14.3 Å². The van der Waals surface area contributed by atoms with Gasteiger partial charge in [0, 0.05) is 32.0 Å². The lowest BCUT2D eigenvalue weighted by molar-refractivity contribution is 0.0534. The molecule has 0 saturated carbocycles. The summed E-state index contributed by atoms with van der Waals surface area (Å²) in [6.07, 6.45) is 6.60. The Morgan fingerprint density at radius 3 is 2.71 bits per heavy atom. The number of anilines is 1. The first kappa shape index (κ1) is 21.2. The van der Waals surface area contributed by atoms with Gasteiger partial charge >= 0.3 is 6.09 Å². The number of aromatic nitrogens is 4. The minimum absolute atomic E-state index is 0.259. The second-order valence-corrected chi connectivity index (χ2v) is 7.20. The maximum atomic E-state index is 12.5. The van der Waals surface area contributed by atoms with Gasteiger partial charge in [-0.15, -0.1) is 0 Å². The lowest BCUT2D eigenvalue weighted by Gasteiger charge is -2.19. The molecule has 0 aromatic carbocycles. The number of allylic oxidation sites excluding steroid dienone is 1. The van der Waals surface area contributed by atoms with Crippen molar-refractivity contribution in [2.75, 3.05) is 11.9 Å². The van der Waals surface area contributed by atoms with Gasteiger partial charge in [0.15, 0.2) is 0 Å². The van der Waals surface area contributed by atoms with Crippen molar-refractivity contribution in [1.29, 1.82) is 0 Å². The lowest BCUT2D eigenvalue weighted by atomic mass is 10.2. The number of hydrogen-bond acceptors (Lipinski definition) is 5. The summed E-state index contributed by atoms with van der Waals surface area (Å²) < 4.78 is 8.61. The van der Waals surface area contributed by atoms with Crippen LogP contribution in [0, 0.1) is 6.92 Å². The van der Waals surface area contributed by atoms with E-state index in [1.807, 2.05) is 46.8 Å². The molecule has 9 heteroatoms. The highest BCUT2D eigenvalue weighted by Gasteiger charge is 2.16. The Labute approximate surface area is 164 Å². The molecule has 2 rings (SSSR count). The van der Waals surface area contributed by atoms with Gasteiger partial charge in [-0.1, -0.05) is 12.2 Å². The highest BCUT2D eigenvalue weighted by atomic mass is 16.6. The summed E-state index contributed by atoms with van der Waals surface area (Å²) in [5, 5.41) is 9.74. The van der Waals surface area contributed by atoms with Gasteiger partial charge < -0.3 is 14.6 Å². The monoisotopic (exact) mass is 388 g/mol. The normalized spacial score (nSPS) is 11.6. The topological polar surface area (TPSA) is 103 Å². The van der Waals surface area contributed by atoms with Crippen LogP contribution in [-0.4, -0.2) is 43.5 Å². The summed E-state index contributed by atoms with van der Waals surface area (Å²) in [6, 6.07) is 1.74. The van der Waals surface area contributed by atoms with Crippen LogP contribution in [-0.2, 0) is 17.8 Å². The standard InChI is InChI=1S/C19H28N6O3/c1-6-25-15(13-14(2)23-25)16(26)22-17-20-10-12-24(17)11-8-7-9-21-18(27)28-19(3,4)5/h7-8,10,12-13H,6,9,11H2,1-5H3,(H,21,27)(H,20,22,26)/b8-7+. The number of hydrogen-bond donors (Lipinski definition) is 2. The molecule has 2 aromatic heterocycles. The molecule has 2 heterocycles. The summed E-state index contributed by atoms with van der Waals surface area (Å²) in [6.45, 7) is 10.7. The van der Waals surface area contributed by atoms with Crippen molar-refractivity contribution in [3.05, 3.63) is 42.0 Å². The summed E-state index contributed by atoms with van der Waals surface area (Å²) in [5.41, 5.74) is 0.756. The summed E-state index contributed by atoms with van der Waals surface area (Å²) >= 11 is 0. The number of ether oxygens (including phenoxy) is 1. The molecule has 0 spiro atoms. The maximum Gasteiger partial charge on any atom is 0.407 e. The molecule has 28 heavy (non-hydrogen) atoms. The minimum Gasteiger partial charge on any atom is -0.444 e. The fraction of sp³-hybridized carbons (Fsp3) is 0.474.